The smallest absolute Gasteiger partial charge is 0.320 e. The van der Waals surface area contributed by atoms with Crippen LogP contribution in [0.3, 0.4) is 0 Å². The number of hydrogen-bond donors (Lipinski definition) is 2. The van der Waals surface area contributed by atoms with Crippen molar-refractivity contribution in [3.05, 3.63) is 20.8 Å². The molecule has 0 saturated carbocycles. The molecule has 0 aliphatic heterocycles. The molecule has 1 rings (SSSR count). The third-order valence-electron chi connectivity index (χ3n) is 1.59. The van der Waals surface area contributed by atoms with E-state index in [4.69, 9.17) is 10.8 Å². The van der Waals surface area contributed by atoms with Crippen molar-refractivity contribution in [2.45, 2.75) is 12.5 Å². The number of carboxylic acid groups (broad SMARTS) is 1. The van der Waals surface area contributed by atoms with Crippen molar-refractivity contribution < 1.29 is 14.7 Å². The molecule has 0 fully saturated rings. The number of carboxylic acids is 1. The van der Waals surface area contributed by atoms with Crippen LogP contribution in [0.25, 0.3) is 0 Å². The summed E-state index contributed by atoms with van der Waals surface area (Å²) in [4.78, 5) is 22.4. The number of nitrogens with two attached hydrogens (primary N) is 1. The Kier molecular flexibility index (Phi) is 3.79. The van der Waals surface area contributed by atoms with Gasteiger partial charge < -0.3 is 10.8 Å². The van der Waals surface area contributed by atoms with E-state index in [0.717, 1.165) is 0 Å². The van der Waals surface area contributed by atoms with E-state index < -0.39 is 12.0 Å². The number of carbonyl (C=O) groups is 2. The van der Waals surface area contributed by atoms with Gasteiger partial charge in [0, 0.05) is 10.9 Å². The van der Waals surface area contributed by atoms with Gasteiger partial charge in [0.25, 0.3) is 0 Å². The molecule has 1 aromatic rings. The normalized spacial score (nSPS) is 12.4. The Morgan fingerprint density at radius 3 is 2.71 bits per heavy atom. The molecule has 76 valence electrons. The molecule has 14 heavy (non-hydrogen) atoms. The third-order valence-corrected chi connectivity index (χ3v) is 3.47. The molecule has 3 N–H and O–H groups in total. The van der Waals surface area contributed by atoms with Crippen LogP contribution in [0.4, 0.5) is 0 Å². The summed E-state index contributed by atoms with van der Waals surface area (Å²) in [6.07, 6.45) is -0.172. The van der Waals surface area contributed by atoms with Crippen molar-refractivity contribution >= 4 is 39.0 Å². The molecule has 0 spiro atoms. The van der Waals surface area contributed by atoms with Crippen molar-refractivity contribution in [2.24, 2.45) is 5.73 Å². The number of carbonyl (C=O) groups excluding carboxylic acids is 1. The van der Waals surface area contributed by atoms with E-state index in [1.165, 1.54) is 11.3 Å². The summed E-state index contributed by atoms with van der Waals surface area (Å²) in [5.41, 5.74) is 5.24. The number of hydrogen-bond acceptors (Lipinski definition) is 4. The molecule has 1 atom stereocenters. The number of Topliss-reactive ketones (excluding diaryl/α,β-unsaturated/α-hetero) is 1. The number of thiophene rings is 1. The SMILES string of the molecule is N[C@H](CC(=O)c1sccc1Br)C(=O)O. The number of rotatable bonds is 4. The molecule has 0 aromatic carbocycles. The molecule has 0 aliphatic rings. The summed E-state index contributed by atoms with van der Waals surface area (Å²) in [5.74, 6) is -1.41. The summed E-state index contributed by atoms with van der Waals surface area (Å²) in [7, 11) is 0. The Morgan fingerprint density at radius 1 is 1.64 bits per heavy atom. The molecular formula is C8H8BrNO3S. The largest absolute Gasteiger partial charge is 0.480 e. The molecule has 0 aliphatic carbocycles. The maximum absolute atomic E-state index is 11.5. The standard InChI is InChI=1S/C8H8BrNO3S/c9-4-1-2-14-7(4)6(11)3-5(10)8(12)13/h1-2,5H,3,10H2,(H,12,13)/t5-/m1/s1. The monoisotopic (exact) mass is 277 g/mol. The Hall–Kier alpha value is -0.720. The summed E-state index contributed by atoms with van der Waals surface area (Å²) in [6, 6.07) is 0.612. The topological polar surface area (TPSA) is 80.4 Å². The predicted molar refractivity (Wildman–Crippen MR) is 56.6 cm³/mol. The molecule has 6 heteroatoms. The zero-order valence-electron chi connectivity index (χ0n) is 7.07. The Bertz CT molecular complexity index is 363. The van der Waals surface area contributed by atoms with Crippen molar-refractivity contribution in [2.75, 3.05) is 0 Å². The van der Waals surface area contributed by atoms with Gasteiger partial charge in [-0.3, -0.25) is 9.59 Å². The third kappa shape index (κ3) is 2.63. The van der Waals surface area contributed by atoms with Crippen LogP contribution < -0.4 is 5.73 Å². The lowest BCUT2D eigenvalue weighted by Gasteiger charge is -2.03. The first-order valence-corrected chi connectivity index (χ1v) is 5.44. The van der Waals surface area contributed by atoms with Gasteiger partial charge in [0.1, 0.15) is 6.04 Å². The highest BCUT2D eigenvalue weighted by Gasteiger charge is 2.19. The molecule has 0 radical (unpaired) electrons. The fourth-order valence-corrected chi connectivity index (χ4v) is 2.42. The molecule has 0 saturated heterocycles. The molecule has 4 nitrogen and oxygen atoms in total. The Morgan fingerprint density at radius 2 is 2.29 bits per heavy atom. The molecule has 1 aromatic heterocycles. The minimum atomic E-state index is -1.16. The first-order chi connectivity index (χ1) is 6.52. The summed E-state index contributed by atoms with van der Waals surface area (Å²) < 4.78 is 0.685. The molecule has 1 heterocycles. The van der Waals surface area contributed by atoms with Crippen LogP contribution in [-0.4, -0.2) is 22.9 Å². The number of aliphatic carboxylic acids is 1. The van der Waals surface area contributed by atoms with Gasteiger partial charge in [-0.05, 0) is 27.4 Å². The van der Waals surface area contributed by atoms with E-state index in [9.17, 15) is 9.59 Å². The van der Waals surface area contributed by atoms with Gasteiger partial charge in [0.15, 0.2) is 5.78 Å². The zero-order chi connectivity index (χ0) is 10.7. The van der Waals surface area contributed by atoms with E-state index in [2.05, 4.69) is 15.9 Å². The van der Waals surface area contributed by atoms with E-state index in [0.29, 0.717) is 9.35 Å². The second-order valence-electron chi connectivity index (χ2n) is 2.67. The van der Waals surface area contributed by atoms with Gasteiger partial charge in [-0.2, -0.15) is 0 Å². The fourth-order valence-electron chi connectivity index (χ4n) is 0.872. The Labute approximate surface area is 92.9 Å². The Balaban J connectivity index is 2.69. The van der Waals surface area contributed by atoms with Gasteiger partial charge >= 0.3 is 5.97 Å². The van der Waals surface area contributed by atoms with Crippen LogP contribution >= 0.6 is 27.3 Å². The van der Waals surface area contributed by atoms with Gasteiger partial charge in [-0.1, -0.05) is 0 Å². The highest BCUT2D eigenvalue weighted by molar-refractivity contribution is 9.10. The lowest BCUT2D eigenvalue weighted by molar-refractivity contribution is -0.138. The van der Waals surface area contributed by atoms with Gasteiger partial charge in [-0.15, -0.1) is 11.3 Å². The quantitative estimate of drug-likeness (QED) is 0.818. The molecule has 0 amide bonds. The predicted octanol–water partition coefficient (Wildman–Crippen LogP) is 1.50. The molecular weight excluding hydrogens is 270 g/mol. The van der Waals surface area contributed by atoms with Crippen molar-refractivity contribution in [1.29, 1.82) is 0 Å². The van der Waals surface area contributed by atoms with Gasteiger partial charge in [0.2, 0.25) is 0 Å². The van der Waals surface area contributed by atoms with Crippen LogP contribution in [0, 0.1) is 0 Å². The summed E-state index contributed by atoms with van der Waals surface area (Å²) in [5, 5.41) is 10.3. The lowest BCUT2D eigenvalue weighted by atomic mass is 10.1. The van der Waals surface area contributed by atoms with Crippen molar-refractivity contribution in [3.63, 3.8) is 0 Å². The van der Waals surface area contributed by atoms with Gasteiger partial charge in [-0.25, -0.2) is 0 Å². The second kappa shape index (κ2) is 4.68. The van der Waals surface area contributed by atoms with Crippen molar-refractivity contribution in [3.8, 4) is 0 Å². The van der Waals surface area contributed by atoms with Crippen LogP contribution in [0.15, 0.2) is 15.9 Å². The van der Waals surface area contributed by atoms with Gasteiger partial charge in [0.05, 0.1) is 4.88 Å². The number of ketones is 1. The van der Waals surface area contributed by atoms with E-state index in [1.54, 1.807) is 11.4 Å². The van der Waals surface area contributed by atoms with Crippen LogP contribution in [0.1, 0.15) is 16.1 Å². The van der Waals surface area contributed by atoms with Crippen molar-refractivity contribution in [1.82, 2.24) is 0 Å². The van der Waals surface area contributed by atoms with Crippen LogP contribution in [0.5, 0.6) is 0 Å². The first-order valence-electron chi connectivity index (χ1n) is 3.77. The average Bonchev–Trinajstić information content (AvgIpc) is 2.51. The van der Waals surface area contributed by atoms with Crippen LogP contribution in [-0.2, 0) is 4.79 Å². The number of halogens is 1. The maximum atomic E-state index is 11.5. The molecule has 0 unspecified atom stereocenters. The average molecular weight is 278 g/mol. The molecule has 0 bridgehead atoms. The second-order valence-corrected chi connectivity index (χ2v) is 4.44. The summed E-state index contributed by atoms with van der Waals surface area (Å²) in [6.45, 7) is 0. The summed E-state index contributed by atoms with van der Waals surface area (Å²) >= 11 is 4.46. The highest BCUT2D eigenvalue weighted by Crippen LogP contribution is 2.24. The fraction of sp³-hybridized carbons (Fsp3) is 0.250. The maximum Gasteiger partial charge on any atom is 0.320 e. The minimum Gasteiger partial charge on any atom is -0.480 e. The van der Waals surface area contributed by atoms with E-state index >= 15 is 0 Å². The lowest BCUT2D eigenvalue weighted by Crippen LogP contribution is -2.32. The first kappa shape index (κ1) is 11.4. The zero-order valence-corrected chi connectivity index (χ0v) is 9.47. The van der Waals surface area contributed by atoms with E-state index in [-0.39, 0.29) is 12.2 Å². The highest BCUT2D eigenvalue weighted by atomic mass is 79.9. The van der Waals surface area contributed by atoms with Crippen LogP contribution in [0.2, 0.25) is 0 Å². The van der Waals surface area contributed by atoms with E-state index in [1.807, 2.05) is 0 Å². The minimum absolute atomic E-state index is 0.172.